The molecule has 0 radical (unpaired) electrons. The Balaban J connectivity index is 2.61. The van der Waals surface area contributed by atoms with Crippen molar-refractivity contribution in [1.82, 2.24) is 0 Å². The van der Waals surface area contributed by atoms with Gasteiger partial charge in [-0.25, -0.2) is 0 Å². The predicted octanol–water partition coefficient (Wildman–Crippen LogP) is 5.99. The minimum atomic E-state index is -1.70. The van der Waals surface area contributed by atoms with Crippen molar-refractivity contribution in [2.45, 2.75) is 84.9 Å². The normalized spacial score (nSPS) is 23.9. The number of carbonyl (C=O) groups excluding carboxylic acids is 1. The fraction of sp³-hybridized carbons (Fsp3) is 0.850. The summed E-state index contributed by atoms with van der Waals surface area (Å²) in [4.78, 5) is 11.9. The second-order valence-corrected chi connectivity index (χ2v) is 14.0. The standard InChI is InChI=1S/C20H38O2Si/c1-16(2)10-8-9-11-17-14-19(21)13-12-18(17)15-22-23(6,7)20(3,4)5/h9,11,16-18H,8,10,12-15H2,1-7H3/b11-9+/t17-,18+/m0/s1. The van der Waals surface area contributed by atoms with Gasteiger partial charge in [0, 0.05) is 19.4 Å². The summed E-state index contributed by atoms with van der Waals surface area (Å²) >= 11 is 0. The highest BCUT2D eigenvalue weighted by Crippen LogP contribution is 2.38. The highest BCUT2D eigenvalue weighted by molar-refractivity contribution is 6.74. The molecule has 1 aliphatic rings. The fourth-order valence-corrected chi connectivity index (χ4v) is 3.82. The summed E-state index contributed by atoms with van der Waals surface area (Å²) in [5, 5.41) is 0.250. The Labute approximate surface area is 145 Å². The number of rotatable bonds is 7. The average Bonchev–Trinajstić information content (AvgIpc) is 2.41. The third kappa shape index (κ3) is 6.92. The first-order valence-corrected chi connectivity index (χ1v) is 12.3. The lowest BCUT2D eigenvalue weighted by Gasteiger charge is -2.39. The van der Waals surface area contributed by atoms with Gasteiger partial charge >= 0.3 is 0 Å². The zero-order valence-electron chi connectivity index (χ0n) is 16.4. The molecule has 0 amide bonds. The maximum absolute atomic E-state index is 11.9. The second-order valence-electron chi connectivity index (χ2n) is 9.18. The summed E-state index contributed by atoms with van der Waals surface area (Å²) in [6.45, 7) is 16.8. The van der Waals surface area contributed by atoms with Gasteiger partial charge in [-0.2, -0.15) is 0 Å². The van der Waals surface area contributed by atoms with E-state index in [-0.39, 0.29) is 5.04 Å². The molecule has 0 aromatic carbocycles. The Hall–Kier alpha value is -0.413. The van der Waals surface area contributed by atoms with Gasteiger partial charge in [-0.1, -0.05) is 46.8 Å². The first-order valence-electron chi connectivity index (χ1n) is 9.35. The highest BCUT2D eigenvalue weighted by Gasteiger charge is 2.38. The van der Waals surface area contributed by atoms with Gasteiger partial charge < -0.3 is 4.43 Å². The lowest BCUT2D eigenvalue weighted by atomic mass is 9.79. The summed E-state index contributed by atoms with van der Waals surface area (Å²) < 4.78 is 6.44. The summed E-state index contributed by atoms with van der Waals surface area (Å²) in [7, 11) is -1.70. The first-order chi connectivity index (χ1) is 10.5. The van der Waals surface area contributed by atoms with Gasteiger partial charge in [0.2, 0.25) is 0 Å². The van der Waals surface area contributed by atoms with Gasteiger partial charge in [-0.05, 0) is 55.1 Å². The molecule has 1 aliphatic carbocycles. The van der Waals surface area contributed by atoms with E-state index >= 15 is 0 Å². The van der Waals surface area contributed by atoms with Crippen LogP contribution in [0.3, 0.4) is 0 Å². The number of hydrogen-bond acceptors (Lipinski definition) is 2. The molecule has 2 nitrogen and oxygen atoms in total. The van der Waals surface area contributed by atoms with Crippen molar-refractivity contribution in [1.29, 1.82) is 0 Å². The van der Waals surface area contributed by atoms with E-state index in [2.05, 4.69) is 59.9 Å². The third-order valence-electron chi connectivity index (χ3n) is 5.62. The summed E-state index contributed by atoms with van der Waals surface area (Å²) in [6, 6.07) is 0. The molecular formula is C20H38O2Si. The average molecular weight is 339 g/mol. The van der Waals surface area contributed by atoms with Gasteiger partial charge in [-0.15, -0.1) is 0 Å². The number of allylic oxidation sites excluding steroid dienone is 2. The van der Waals surface area contributed by atoms with E-state index in [1.54, 1.807) is 0 Å². The topological polar surface area (TPSA) is 26.3 Å². The van der Waals surface area contributed by atoms with E-state index in [0.717, 1.165) is 31.8 Å². The molecular weight excluding hydrogens is 300 g/mol. The molecule has 0 bridgehead atoms. The van der Waals surface area contributed by atoms with Crippen molar-refractivity contribution in [2.24, 2.45) is 17.8 Å². The van der Waals surface area contributed by atoms with Crippen LogP contribution in [-0.4, -0.2) is 20.7 Å². The molecule has 0 N–H and O–H groups in total. The van der Waals surface area contributed by atoms with Crippen LogP contribution in [0.1, 0.15) is 66.7 Å². The zero-order chi connectivity index (χ0) is 17.7. The van der Waals surface area contributed by atoms with E-state index in [0.29, 0.717) is 24.0 Å². The van der Waals surface area contributed by atoms with Crippen molar-refractivity contribution in [2.75, 3.05) is 6.61 Å². The maximum atomic E-state index is 11.9. The maximum Gasteiger partial charge on any atom is 0.191 e. The summed E-state index contributed by atoms with van der Waals surface area (Å²) in [5.74, 6) is 2.06. The molecule has 2 atom stereocenters. The monoisotopic (exact) mass is 338 g/mol. The van der Waals surface area contributed by atoms with Crippen LogP contribution in [0.5, 0.6) is 0 Å². The number of carbonyl (C=O) groups is 1. The van der Waals surface area contributed by atoms with Gasteiger partial charge in [0.1, 0.15) is 5.78 Å². The van der Waals surface area contributed by atoms with Crippen molar-refractivity contribution < 1.29 is 9.22 Å². The summed E-state index contributed by atoms with van der Waals surface area (Å²) in [5.41, 5.74) is 0. The molecule has 23 heavy (non-hydrogen) atoms. The Morgan fingerprint density at radius 3 is 2.52 bits per heavy atom. The van der Waals surface area contributed by atoms with E-state index in [1.807, 2.05) is 0 Å². The van der Waals surface area contributed by atoms with E-state index in [1.165, 1.54) is 6.42 Å². The number of hydrogen-bond donors (Lipinski definition) is 0. The lowest BCUT2D eigenvalue weighted by Crippen LogP contribution is -2.43. The molecule has 0 spiro atoms. The van der Waals surface area contributed by atoms with Crippen LogP contribution < -0.4 is 0 Å². The highest BCUT2D eigenvalue weighted by atomic mass is 28.4. The van der Waals surface area contributed by atoms with Crippen LogP contribution in [0.4, 0.5) is 0 Å². The Morgan fingerprint density at radius 2 is 1.96 bits per heavy atom. The fourth-order valence-electron chi connectivity index (χ4n) is 2.76. The molecule has 1 fully saturated rings. The quantitative estimate of drug-likeness (QED) is 0.421. The molecule has 1 rings (SSSR count). The Bertz CT molecular complexity index is 404. The predicted molar refractivity (Wildman–Crippen MR) is 102 cm³/mol. The largest absolute Gasteiger partial charge is 0.417 e. The van der Waals surface area contributed by atoms with Crippen molar-refractivity contribution in [3.8, 4) is 0 Å². The smallest absolute Gasteiger partial charge is 0.191 e. The minimum Gasteiger partial charge on any atom is -0.417 e. The molecule has 0 aromatic heterocycles. The molecule has 3 heteroatoms. The van der Waals surface area contributed by atoms with Gasteiger partial charge in [0.05, 0.1) is 0 Å². The van der Waals surface area contributed by atoms with Crippen LogP contribution >= 0.6 is 0 Å². The molecule has 0 saturated heterocycles. The second kappa shape index (κ2) is 8.62. The van der Waals surface area contributed by atoms with Crippen LogP contribution in [0, 0.1) is 17.8 Å². The third-order valence-corrected chi connectivity index (χ3v) is 10.1. The van der Waals surface area contributed by atoms with Crippen LogP contribution in [0.25, 0.3) is 0 Å². The SMILES string of the molecule is CC(C)CC/C=C/[C@H]1CC(=O)CC[C@@H]1CO[Si](C)(C)C(C)(C)C. The number of Topliss-reactive ketones (excluding diaryl/α,β-unsaturated/α-hetero) is 1. The van der Waals surface area contributed by atoms with Gasteiger partial charge in [0.15, 0.2) is 8.32 Å². The lowest BCUT2D eigenvalue weighted by molar-refractivity contribution is -0.122. The summed E-state index contributed by atoms with van der Waals surface area (Å²) in [6.07, 6.45) is 9.39. The number of ketones is 1. The molecule has 0 heterocycles. The van der Waals surface area contributed by atoms with Gasteiger partial charge in [0.25, 0.3) is 0 Å². The molecule has 0 aliphatic heterocycles. The van der Waals surface area contributed by atoms with Crippen molar-refractivity contribution in [3.05, 3.63) is 12.2 Å². The van der Waals surface area contributed by atoms with E-state index in [9.17, 15) is 4.79 Å². The van der Waals surface area contributed by atoms with Crippen LogP contribution in [0.15, 0.2) is 12.2 Å². The Kier molecular flexibility index (Phi) is 7.73. The van der Waals surface area contributed by atoms with E-state index < -0.39 is 8.32 Å². The molecule has 134 valence electrons. The van der Waals surface area contributed by atoms with E-state index in [4.69, 9.17) is 4.43 Å². The zero-order valence-corrected chi connectivity index (χ0v) is 17.4. The van der Waals surface area contributed by atoms with Crippen molar-refractivity contribution in [3.63, 3.8) is 0 Å². The van der Waals surface area contributed by atoms with Gasteiger partial charge in [-0.3, -0.25) is 4.79 Å². The van der Waals surface area contributed by atoms with Crippen LogP contribution in [-0.2, 0) is 9.22 Å². The molecule has 1 saturated carbocycles. The molecule has 0 unspecified atom stereocenters. The van der Waals surface area contributed by atoms with Crippen molar-refractivity contribution >= 4 is 14.1 Å². The minimum absolute atomic E-state index is 0.250. The first kappa shape index (κ1) is 20.6. The Morgan fingerprint density at radius 1 is 1.30 bits per heavy atom. The van der Waals surface area contributed by atoms with Crippen LogP contribution in [0.2, 0.25) is 18.1 Å². The molecule has 0 aromatic rings.